The molecule has 0 aliphatic heterocycles. The van der Waals surface area contributed by atoms with Crippen molar-refractivity contribution < 1.29 is 4.42 Å². The lowest BCUT2D eigenvalue weighted by atomic mass is 9.98. The van der Waals surface area contributed by atoms with Gasteiger partial charge in [0.15, 0.2) is 0 Å². The maximum absolute atomic E-state index is 6.15. The molecular weight excluding hydrogens is 615 g/mol. The van der Waals surface area contributed by atoms with E-state index in [9.17, 15) is 0 Å². The standard InChI is InChI=1S/C46H29NOS/c1-2-9-30(10-3-1)32-11-8-12-36(28-32)47(37-23-25-40-39-13-5-7-16-44(39)49-45(40)29-37)35-21-17-31(18-22-35)33-19-24-38-34(27-33)20-26-43-46(38)41-14-4-6-15-42(41)48-43/h1-29H. The average Bonchev–Trinajstić information content (AvgIpc) is 3.74. The van der Waals surface area contributed by atoms with E-state index in [-0.39, 0.29) is 0 Å². The van der Waals surface area contributed by atoms with Gasteiger partial charge in [0.25, 0.3) is 0 Å². The minimum absolute atomic E-state index is 0.926. The van der Waals surface area contributed by atoms with Crippen LogP contribution in [0.2, 0.25) is 0 Å². The van der Waals surface area contributed by atoms with Crippen molar-refractivity contribution in [1.29, 1.82) is 0 Å². The van der Waals surface area contributed by atoms with E-state index in [1.165, 1.54) is 58.6 Å². The molecular formula is C46H29NOS. The molecule has 2 aromatic heterocycles. The smallest absolute Gasteiger partial charge is 0.136 e. The van der Waals surface area contributed by atoms with E-state index in [2.05, 4.69) is 169 Å². The summed E-state index contributed by atoms with van der Waals surface area (Å²) in [5.41, 5.74) is 10.00. The Morgan fingerprint density at radius 3 is 1.92 bits per heavy atom. The monoisotopic (exact) mass is 643 g/mol. The van der Waals surface area contributed by atoms with E-state index in [1.807, 2.05) is 23.5 Å². The molecule has 10 rings (SSSR count). The van der Waals surface area contributed by atoms with Crippen LogP contribution in [0.3, 0.4) is 0 Å². The number of fused-ring (bicyclic) bond motifs is 8. The summed E-state index contributed by atoms with van der Waals surface area (Å²) in [4.78, 5) is 2.38. The molecule has 0 radical (unpaired) electrons. The Kier molecular flexibility index (Phi) is 6.39. The summed E-state index contributed by atoms with van der Waals surface area (Å²) >= 11 is 1.85. The molecule has 230 valence electrons. The van der Waals surface area contributed by atoms with Gasteiger partial charge in [-0.1, -0.05) is 115 Å². The van der Waals surface area contributed by atoms with Gasteiger partial charge in [0.1, 0.15) is 11.2 Å². The van der Waals surface area contributed by atoms with Gasteiger partial charge >= 0.3 is 0 Å². The molecule has 2 heterocycles. The molecule has 0 atom stereocenters. The first-order valence-corrected chi connectivity index (χ1v) is 17.4. The van der Waals surface area contributed by atoms with Crippen LogP contribution in [-0.4, -0.2) is 0 Å². The van der Waals surface area contributed by atoms with Gasteiger partial charge in [-0.15, -0.1) is 11.3 Å². The fourth-order valence-corrected chi connectivity index (χ4v) is 8.43. The quantitative estimate of drug-likeness (QED) is 0.186. The Hall–Kier alpha value is -6.16. The molecule has 10 aromatic rings. The topological polar surface area (TPSA) is 16.4 Å². The van der Waals surface area contributed by atoms with E-state index in [4.69, 9.17) is 4.42 Å². The molecule has 49 heavy (non-hydrogen) atoms. The fourth-order valence-electron chi connectivity index (χ4n) is 7.29. The normalized spacial score (nSPS) is 11.7. The van der Waals surface area contributed by atoms with Crippen LogP contribution < -0.4 is 4.90 Å². The van der Waals surface area contributed by atoms with Crippen LogP contribution in [0.5, 0.6) is 0 Å². The first-order valence-electron chi connectivity index (χ1n) is 16.6. The lowest BCUT2D eigenvalue weighted by molar-refractivity contribution is 0.669. The molecule has 0 spiro atoms. The Balaban J connectivity index is 1.08. The number of hydrogen-bond donors (Lipinski definition) is 0. The van der Waals surface area contributed by atoms with E-state index < -0.39 is 0 Å². The van der Waals surface area contributed by atoms with Crippen molar-refractivity contribution in [2.75, 3.05) is 4.90 Å². The van der Waals surface area contributed by atoms with Crippen LogP contribution in [0.15, 0.2) is 180 Å². The first kappa shape index (κ1) is 27.9. The van der Waals surface area contributed by atoms with Gasteiger partial charge in [-0.25, -0.2) is 0 Å². The Morgan fingerprint density at radius 2 is 1.02 bits per heavy atom. The number of furan rings is 1. The first-order chi connectivity index (χ1) is 24.3. The number of nitrogens with zero attached hydrogens (tertiary/aromatic N) is 1. The van der Waals surface area contributed by atoms with Crippen LogP contribution in [0.25, 0.3) is 75.1 Å². The molecule has 0 saturated heterocycles. The third-order valence-corrected chi connectivity index (χ3v) is 10.8. The van der Waals surface area contributed by atoms with Crippen LogP contribution in [-0.2, 0) is 0 Å². The minimum atomic E-state index is 0.926. The van der Waals surface area contributed by atoms with Gasteiger partial charge in [0, 0.05) is 48.0 Å². The third-order valence-electron chi connectivity index (χ3n) is 9.65. The van der Waals surface area contributed by atoms with Crippen molar-refractivity contribution in [2.24, 2.45) is 0 Å². The second-order valence-electron chi connectivity index (χ2n) is 12.6. The predicted octanol–water partition coefficient (Wildman–Crippen LogP) is 13.9. The van der Waals surface area contributed by atoms with Crippen LogP contribution in [0.1, 0.15) is 0 Å². The second kappa shape index (κ2) is 11.2. The van der Waals surface area contributed by atoms with Crippen LogP contribution >= 0.6 is 11.3 Å². The summed E-state index contributed by atoms with van der Waals surface area (Å²) in [6.07, 6.45) is 0. The zero-order chi connectivity index (χ0) is 32.3. The van der Waals surface area contributed by atoms with Crippen molar-refractivity contribution in [3.63, 3.8) is 0 Å². The highest BCUT2D eigenvalue weighted by Crippen LogP contribution is 2.42. The average molecular weight is 644 g/mol. The highest BCUT2D eigenvalue weighted by Gasteiger charge is 2.16. The molecule has 2 nitrogen and oxygen atoms in total. The van der Waals surface area contributed by atoms with Crippen molar-refractivity contribution in [3.8, 4) is 22.3 Å². The molecule has 0 N–H and O–H groups in total. The summed E-state index contributed by atoms with van der Waals surface area (Å²) in [7, 11) is 0. The SMILES string of the molecule is c1ccc(-c2cccc(N(c3ccc(-c4ccc5c(ccc6oc7ccccc7c65)c4)cc3)c3ccc4c(c3)sc3ccccc34)c2)cc1. The van der Waals surface area contributed by atoms with E-state index >= 15 is 0 Å². The number of hydrogen-bond acceptors (Lipinski definition) is 3. The largest absolute Gasteiger partial charge is 0.456 e. The molecule has 0 aliphatic rings. The predicted molar refractivity (Wildman–Crippen MR) is 210 cm³/mol. The Bertz CT molecular complexity index is 2830. The summed E-state index contributed by atoms with van der Waals surface area (Å²) in [6, 6.07) is 63.3. The zero-order valence-electron chi connectivity index (χ0n) is 26.5. The van der Waals surface area contributed by atoms with Gasteiger partial charge < -0.3 is 9.32 Å². The molecule has 0 unspecified atom stereocenters. The number of thiophene rings is 1. The summed E-state index contributed by atoms with van der Waals surface area (Å²) in [5.74, 6) is 0. The lowest BCUT2D eigenvalue weighted by Crippen LogP contribution is -2.09. The van der Waals surface area contributed by atoms with E-state index in [0.717, 1.165) is 33.6 Å². The van der Waals surface area contributed by atoms with Crippen molar-refractivity contribution in [2.45, 2.75) is 0 Å². The number of anilines is 3. The Labute approximate surface area is 287 Å². The number of rotatable bonds is 5. The molecule has 0 amide bonds. The van der Waals surface area contributed by atoms with E-state index in [0.29, 0.717) is 0 Å². The highest BCUT2D eigenvalue weighted by atomic mass is 32.1. The van der Waals surface area contributed by atoms with Crippen molar-refractivity contribution >= 4 is 81.3 Å². The second-order valence-corrected chi connectivity index (χ2v) is 13.6. The molecule has 0 saturated carbocycles. The highest BCUT2D eigenvalue weighted by molar-refractivity contribution is 7.25. The molecule has 0 fully saturated rings. The molecule has 0 aliphatic carbocycles. The Morgan fingerprint density at radius 1 is 0.367 bits per heavy atom. The van der Waals surface area contributed by atoms with Crippen LogP contribution in [0.4, 0.5) is 17.1 Å². The molecule has 0 bridgehead atoms. The van der Waals surface area contributed by atoms with E-state index in [1.54, 1.807) is 0 Å². The maximum Gasteiger partial charge on any atom is 0.136 e. The minimum Gasteiger partial charge on any atom is -0.456 e. The fraction of sp³-hybridized carbons (Fsp3) is 0. The number of benzene rings is 8. The van der Waals surface area contributed by atoms with Gasteiger partial charge in [-0.3, -0.25) is 0 Å². The maximum atomic E-state index is 6.15. The summed E-state index contributed by atoms with van der Waals surface area (Å²) in [6.45, 7) is 0. The summed E-state index contributed by atoms with van der Waals surface area (Å²) in [5, 5.41) is 7.37. The van der Waals surface area contributed by atoms with Gasteiger partial charge in [0.05, 0.1) is 0 Å². The van der Waals surface area contributed by atoms with Gasteiger partial charge in [-0.05, 0) is 93.7 Å². The van der Waals surface area contributed by atoms with Crippen molar-refractivity contribution in [1.82, 2.24) is 0 Å². The molecule has 8 aromatic carbocycles. The molecule has 3 heteroatoms. The van der Waals surface area contributed by atoms with Gasteiger partial charge in [-0.2, -0.15) is 0 Å². The van der Waals surface area contributed by atoms with Crippen molar-refractivity contribution in [3.05, 3.63) is 176 Å². The van der Waals surface area contributed by atoms with Crippen LogP contribution in [0, 0.1) is 0 Å². The summed E-state index contributed by atoms with van der Waals surface area (Å²) < 4.78 is 8.75. The lowest BCUT2D eigenvalue weighted by Gasteiger charge is -2.26. The zero-order valence-corrected chi connectivity index (χ0v) is 27.3. The van der Waals surface area contributed by atoms with Gasteiger partial charge in [0.2, 0.25) is 0 Å². The third kappa shape index (κ3) is 4.70. The number of para-hydroxylation sites is 1.